The fourth-order valence-corrected chi connectivity index (χ4v) is 3.50. The van der Waals surface area contributed by atoms with Crippen molar-refractivity contribution in [3.8, 4) is 0 Å². The number of rotatable bonds is 22. The fraction of sp³-hybridized carbons (Fsp3) is 0.640. The normalized spacial score (nSPS) is 15.1. The first-order valence-electron chi connectivity index (χ1n) is 12.2. The lowest BCUT2D eigenvalue weighted by molar-refractivity contribution is -0.153. The SMILES string of the molecule is CCC=CCC=CCC=CCC=CCCCCCCC(=O)O[C@H](CO)COP(=O)(O)OCCN. The van der Waals surface area contributed by atoms with Gasteiger partial charge in [-0.2, -0.15) is 0 Å². The van der Waals surface area contributed by atoms with Gasteiger partial charge in [0.15, 0.2) is 0 Å². The van der Waals surface area contributed by atoms with Crippen molar-refractivity contribution in [2.45, 2.75) is 77.2 Å². The summed E-state index contributed by atoms with van der Waals surface area (Å²) in [5.74, 6) is -0.475. The van der Waals surface area contributed by atoms with E-state index >= 15 is 0 Å². The Bertz CT molecular complexity index is 662. The average molecular weight is 502 g/mol. The Morgan fingerprint density at radius 1 is 0.912 bits per heavy atom. The van der Waals surface area contributed by atoms with Crippen LogP contribution < -0.4 is 5.73 Å². The van der Waals surface area contributed by atoms with E-state index in [0.29, 0.717) is 6.42 Å². The summed E-state index contributed by atoms with van der Waals surface area (Å²) in [4.78, 5) is 21.3. The van der Waals surface area contributed by atoms with Crippen LogP contribution in [0.2, 0.25) is 0 Å². The topological polar surface area (TPSA) is 128 Å². The molecule has 0 radical (unpaired) electrons. The number of aliphatic hydroxyl groups excluding tert-OH is 1. The number of hydrogen-bond donors (Lipinski definition) is 3. The first-order chi connectivity index (χ1) is 16.4. The van der Waals surface area contributed by atoms with Gasteiger partial charge in [-0.3, -0.25) is 13.8 Å². The zero-order chi connectivity index (χ0) is 25.3. The smallest absolute Gasteiger partial charge is 0.457 e. The summed E-state index contributed by atoms with van der Waals surface area (Å²) in [6.07, 6.45) is 25.3. The largest absolute Gasteiger partial charge is 0.472 e. The highest BCUT2D eigenvalue weighted by atomic mass is 31.2. The third-order valence-electron chi connectivity index (χ3n) is 4.52. The minimum atomic E-state index is -4.27. The van der Waals surface area contributed by atoms with Crippen molar-refractivity contribution in [1.82, 2.24) is 0 Å². The number of phosphoric acid groups is 1. The third-order valence-corrected chi connectivity index (χ3v) is 5.50. The second kappa shape index (κ2) is 23.2. The number of esters is 1. The van der Waals surface area contributed by atoms with Crippen LogP contribution in [0.5, 0.6) is 0 Å². The van der Waals surface area contributed by atoms with Gasteiger partial charge in [0, 0.05) is 13.0 Å². The number of hydrogen-bond acceptors (Lipinski definition) is 7. The molecule has 0 aliphatic rings. The van der Waals surface area contributed by atoms with E-state index in [0.717, 1.165) is 51.4 Å². The van der Waals surface area contributed by atoms with Crippen molar-refractivity contribution in [1.29, 1.82) is 0 Å². The Kier molecular flexibility index (Phi) is 22.2. The van der Waals surface area contributed by atoms with E-state index in [9.17, 15) is 19.4 Å². The van der Waals surface area contributed by atoms with Crippen LogP contribution in [0, 0.1) is 0 Å². The van der Waals surface area contributed by atoms with Crippen molar-refractivity contribution in [3.05, 3.63) is 48.6 Å². The Morgan fingerprint density at radius 2 is 1.50 bits per heavy atom. The van der Waals surface area contributed by atoms with E-state index in [1.165, 1.54) is 0 Å². The van der Waals surface area contributed by atoms with E-state index in [4.69, 9.17) is 15.0 Å². The van der Waals surface area contributed by atoms with E-state index in [-0.39, 0.29) is 19.6 Å². The summed E-state index contributed by atoms with van der Waals surface area (Å²) in [6, 6.07) is 0. The number of allylic oxidation sites excluding steroid dienone is 8. The Morgan fingerprint density at radius 3 is 2.09 bits per heavy atom. The number of unbranched alkanes of at least 4 members (excludes halogenated alkanes) is 4. The van der Waals surface area contributed by atoms with Crippen LogP contribution in [-0.2, 0) is 23.1 Å². The van der Waals surface area contributed by atoms with Gasteiger partial charge in [-0.1, -0.05) is 68.4 Å². The minimum absolute atomic E-state index is 0.0652. The highest BCUT2D eigenvalue weighted by molar-refractivity contribution is 7.47. The standard InChI is InChI=1S/C25H44NO7P/c1-2-3-4-5-6-7-8-9-10-11-12-13-14-15-16-17-18-19-25(28)33-24(22-27)23-32-34(29,30)31-21-20-26/h3-4,6-7,9-10,12-13,24,27H,2,5,8,11,14-23,26H2,1H3,(H,29,30)/t24-/m1/s1. The number of carbonyl (C=O) groups excluding carboxylic acids is 1. The van der Waals surface area contributed by atoms with Crippen molar-refractivity contribution >= 4 is 13.8 Å². The molecule has 0 amide bonds. The molecule has 196 valence electrons. The van der Waals surface area contributed by atoms with Crippen LogP contribution in [0.15, 0.2) is 48.6 Å². The van der Waals surface area contributed by atoms with Crippen LogP contribution in [0.4, 0.5) is 0 Å². The number of carbonyl (C=O) groups is 1. The lowest BCUT2D eigenvalue weighted by atomic mass is 10.1. The van der Waals surface area contributed by atoms with E-state index in [2.05, 4.69) is 60.1 Å². The van der Waals surface area contributed by atoms with Crippen molar-refractivity contribution in [2.24, 2.45) is 5.73 Å². The highest BCUT2D eigenvalue weighted by Crippen LogP contribution is 2.42. The predicted octanol–water partition coefficient (Wildman–Crippen LogP) is 5.13. The van der Waals surface area contributed by atoms with Crippen molar-refractivity contribution in [2.75, 3.05) is 26.4 Å². The zero-order valence-electron chi connectivity index (χ0n) is 20.6. The Labute approximate surface area is 205 Å². The zero-order valence-corrected chi connectivity index (χ0v) is 21.5. The summed E-state index contributed by atoms with van der Waals surface area (Å²) < 4.78 is 25.9. The van der Waals surface area contributed by atoms with Gasteiger partial charge in [-0.05, 0) is 44.9 Å². The highest BCUT2D eigenvalue weighted by Gasteiger charge is 2.24. The number of nitrogens with two attached hydrogens (primary N) is 1. The molecule has 0 aromatic carbocycles. The van der Waals surface area contributed by atoms with Gasteiger partial charge in [0.25, 0.3) is 0 Å². The lowest BCUT2D eigenvalue weighted by Gasteiger charge is -2.17. The average Bonchev–Trinajstić information content (AvgIpc) is 2.82. The molecule has 0 saturated heterocycles. The molecular weight excluding hydrogens is 457 g/mol. The van der Waals surface area contributed by atoms with Crippen molar-refractivity contribution < 1.29 is 33.1 Å². The molecule has 0 saturated carbocycles. The van der Waals surface area contributed by atoms with Crippen LogP contribution >= 0.6 is 7.82 Å². The summed E-state index contributed by atoms with van der Waals surface area (Å²) in [6.45, 7) is 1.11. The second-order valence-corrected chi connectivity index (χ2v) is 9.09. The summed E-state index contributed by atoms with van der Waals surface area (Å²) in [5, 5.41) is 9.26. The van der Waals surface area contributed by atoms with Gasteiger partial charge in [0.05, 0.1) is 19.8 Å². The van der Waals surface area contributed by atoms with Gasteiger partial charge in [0.2, 0.25) is 0 Å². The number of ether oxygens (including phenoxy) is 1. The molecule has 34 heavy (non-hydrogen) atoms. The summed E-state index contributed by atoms with van der Waals surface area (Å²) in [7, 11) is -4.27. The summed E-state index contributed by atoms with van der Waals surface area (Å²) in [5.41, 5.74) is 5.19. The molecular formula is C25H44NO7P. The monoisotopic (exact) mass is 501 g/mol. The van der Waals surface area contributed by atoms with E-state index in [1.54, 1.807) is 0 Å². The Balaban J connectivity index is 3.74. The van der Waals surface area contributed by atoms with Gasteiger partial charge < -0.3 is 20.5 Å². The molecule has 9 heteroatoms. The van der Waals surface area contributed by atoms with Gasteiger partial charge >= 0.3 is 13.8 Å². The molecule has 0 aromatic heterocycles. The molecule has 2 atom stereocenters. The minimum Gasteiger partial charge on any atom is -0.457 e. The first kappa shape index (κ1) is 32.5. The molecule has 0 fully saturated rings. The second-order valence-electron chi connectivity index (χ2n) is 7.63. The molecule has 0 spiro atoms. The molecule has 0 heterocycles. The lowest BCUT2D eigenvalue weighted by Crippen LogP contribution is -2.27. The van der Waals surface area contributed by atoms with Crippen molar-refractivity contribution in [3.63, 3.8) is 0 Å². The molecule has 4 N–H and O–H groups in total. The number of phosphoric ester groups is 1. The first-order valence-corrected chi connectivity index (χ1v) is 13.7. The molecule has 1 unspecified atom stereocenters. The molecule has 0 aromatic rings. The van der Waals surface area contributed by atoms with Gasteiger partial charge in [-0.25, -0.2) is 4.57 Å². The molecule has 0 bridgehead atoms. The quantitative estimate of drug-likeness (QED) is 0.0806. The van der Waals surface area contributed by atoms with E-state index in [1.807, 2.05) is 0 Å². The fourth-order valence-electron chi connectivity index (χ4n) is 2.73. The maximum absolute atomic E-state index is 11.9. The molecule has 0 aliphatic carbocycles. The number of aliphatic hydroxyl groups is 1. The maximum atomic E-state index is 11.9. The van der Waals surface area contributed by atoms with Gasteiger partial charge in [0.1, 0.15) is 6.10 Å². The van der Waals surface area contributed by atoms with E-state index < -0.39 is 33.1 Å². The van der Waals surface area contributed by atoms with Crippen LogP contribution in [0.25, 0.3) is 0 Å². The third kappa shape index (κ3) is 22.3. The molecule has 0 rings (SSSR count). The molecule has 0 aliphatic heterocycles. The van der Waals surface area contributed by atoms with Gasteiger partial charge in [-0.15, -0.1) is 0 Å². The van der Waals surface area contributed by atoms with Crippen LogP contribution in [0.3, 0.4) is 0 Å². The maximum Gasteiger partial charge on any atom is 0.472 e. The molecule has 8 nitrogen and oxygen atoms in total. The van der Waals surface area contributed by atoms with Crippen LogP contribution in [-0.4, -0.2) is 48.4 Å². The Hall–Kier alpha value is -1.54. The summed E-state index contributed by atoms with van der Waals surface area (Å²) >= 11 is 0. The predicted molar refractivity (Wildman–Crippen MR) is 136 cm³/mol. The van der Waals surface area contributed by atoms with Crippen LogP contribution in [0.1, 0.15) is 71.1 Å².